The Balaban J connectivity index is 2.96. The Bertz CT molecular complexity index is 438. The number of nitriles is 1. The summed E-state index contributed by atoms with van der Waals surface area (Å²) in [6.07, 6.45) is 2.02. The second-order valence-corrected chi connectivity index (χ2v) is 4.41. The highest BCUT2D eigenvalue weighted by atomic mass is 16.1. The van der Waals surface area contributed by atoms with Crippen LogP contribution in [0.15, 0.2) is 18.2 Å². The Hall–Kier alpha value is -1.82. The van der Waals surface area contributed by atoms with Gasteiger partial charge < -0.3 is 5.32 Å². The summed E-state index contributed by atoms with van der Waals surface area (Å²) in [4.78, 5) is 12.0. The average Bonchev–Trinajstić information content (AvgIpc) is 2.39. The van der Waals surface area contributed by atoms with Gasteiger partial charge in [0, 0.05) is 18.0 Å². The Kier molecular flexibility index (Phi) is 5.38. The van der Waals surface area contributed by atoms with Gasteiger partial charge in [-0.05, 0) is 24.0 Å². The topological polar surface area (TPSA) is 52.9 Å². The predicted molar refractivity (Wildman–Crippen MR) is 73.2 cm³/mol. The van der Waals surface area contributed by atoms with Gasteiger partial charge in [0.2, 0.25) is 5.91 Å². The molecule has 1 rings (SSSR count). The van der Waals surface area contributed by atoms with Gasteiger partial charge >= 0.3 is 0 Å². The first-order valence-electron chi connectivity index (χ1n) is 6.42. The molecular weight excluding hydrogens is 224 g/mol. The van der Waals surface area contributed by atoms with E-state index in [0.29, 0.717) is 0 Å². The van der Waals surface area contributed by atoms with Crippen molar-refractivity contribution in [1.29, 1.82) is 5.26 Å². The molecule has 3 heteroatoms. The number of para-hydroxylation sites is 1. The minimum absolute atomic E-state index is 0.0767. The molecule has 0 spiro atoms. The Morgan fingerprint density at radius 2 is 1.89 bits per heavy atom. The SMILES string of the molecule is CCc1cccc(CC)c1NC(=O)C(C)CC#N. The largest absolute Gasteiger partial charge is 0.325 e. The van der Waals surface area contributed by atoms with E-state index >= 15 is 0 Å². The van der Waals surface area contributed by atoms with Crippen molar-refractivity contribution in [3.05, 3.63) is 29.3 Å². The van der Waals surface area contributed by atoms with E-state index in [1.54, 1.807) is 6.92 Å². The fourth-order valence-electron chi connectivity index (χ4n) is 1.88. The van der Waals surface area contributed by atoms with Crippen molar-refractivity contribution >= 4 is 11.6 Å². The first-order chi connectivity index (χ1) is 8.63. The molecule has 3 nitrogen and oxygen atoms in total. The lowest BCUT2D eigenvalue weighted by molar-refractivity contribution is -0.119. The molecule has 1 aromatic rings. The quantitative estimate of drug-likeness (QED) is 0.864. The van der Waals surface area contributed by atoms with Crippen LogP contribution in [0, 0.1) is 17.2 Å². The molecule has 0 fully saturated rings. The van der Waals surface area contributed by atoms with Gasteiger partial charge in [0.1, 0.15) is 0 Å². The maximum atomic E-state index is 12.0. The number of nitrogens with zero attached hydrogens (tertiary/aromatic N) is 1. The molecular formula is C15H20N2O. The minimum atomic E-state index is -0.274. The van der Waals surface area contributed by atoms with Crippen molar-refractivity contribution in [3.8, 4) is 6.07 Å². The van der Waals surface area contributed by atoms with Crippen LogP contribution in [0.3, 0.4) is 0 Å². The number of anilines is 1. The monoisotopic (exact) mass is 244 g/mol. The molecule has 0 aliphatic carbocycles. The van der Waals surface area contributed by atoms with Gasteiger partial charge in [0.05, 0.1) is 6.07 Å². The first-order valence-corrected chi connectivity index (χ1v) is 6.42. The predicted octanol–water partition coefficient (Wildman–Crippen LogP) is 3.30. The lowest BCUT2D eigenvalue weighted by atomic mass is 10.0. The molecule has 0 bridgehead atoms. The van der Waals surface area contributed by atoms with Crippen LogP contribution in [-0.2, 0) is 17.6 Å². The average molecular weight is 244 g/mol. The highest BCUT2D eigenvalue weighted by Gasteiger charge is 2.15. The third-order valence-corrected chi connectivity index (χ3v) is 3.09. The fourth-order valence-corrected chi connectivity index (χ4v) is 1.88. The summed E-state index contributed by atoms with van der Waals surface area (Å²) >= 11 is 0. The van der Waals surface area contributed by atoms with Crippen LogP contribution in [0.2, 0.25) is 0 Å². The molecule has 96 valence electrons. The number of carbonyl (C=O) groups excluding carboxylic acids is 1. The van der Waals surface area contributed by atoms with Crippen LogP contribution in [0.5, 0.6) is 0 Å². The van der Waals surface area contributed by atoms with Crippen molar-refractivity contribution in [2.24, 2.45) is 5.92 Å². The number of benzene rings is 1. The number of hydrogen-bond donors (Lipinski definition) is 1. The zero-order valence-corrected chi connectivity index (χ0v) is 11.3. The van der Waals surface area contributed by atoms with E-state index in [4.69, 9.17) is 5.26 Å². The van der Waals surface area contributed by atoms with E-state index in [2.05, 4.69) is 19.2 Å². The zero-order valence-electron chi connectivity index (χ0n) is 11.3. The summed E-state index contributed by atoms with van der Waals surface area (Å²) in [5.74, 6) is -0.350. The standard InChI is InChI=1S/C15H20N2O/c1-4-12-7-6-8-13(5-2)14(12)17-15(18)11(3)9-10-16/h6-8,11H,4-5,9H2,1-3H3,(H,17,18). The van der Waals surface area contributed by atoms with Gasteiger partial charge in [-0.15, -0.1) is 0 Å². The van der Waals surface area contributed by atoms with Crippen LogP contribution < -0.4 is 5.32 Å². The molecule has 1 amide bonds. The van der Waals surface area contributed by atoms with Crippen molar-refractivity contribution in [3.63, 3.8) is 0 Å². The van der Waals surface area contributed by atoms with E-state index in [1.165, 1.54) is 0 Å². The van der Waals surface area contributed by atoms with Gasteiger partial charge in [-0.2, -0.15) is 5.26 Å². The number of aryl methyl sites for hydroxylation is 2. The summed E-state index contributed by atoms with van der Waals surface area (Å²) in [5.41, 5.74) is 3.22. The van der Waals surface area contributed by atoms with Crippen LogP contribution in [0.4, 0.5) is 5.69 Å². The van der Waals surface area contributed by atoms with E-state index < -0.39 is 0 Å². The molecule has 0 aliphatic heterocycles. The van der Waals surface area contributed by atoms with Gasteiger partial charge in [0.15, 0.2) is 0 Å². The molecule has 1 atom stereocenters. The van der Waals surface area contributed by atoms with Crippen LogP contribution >= 0.6 is 0 Å². The second kappa shape index (κ2) is 6.80. The molecule has 1 N–H and O–H groups in total. The van der Waals surface area contributed by atoms with Crippen LogP contribution in [0.25, 0.3) is 0 Å². The maximum absolute atomic E-state index is 12.0. The Morgan fingerprint density at radius 1 is 1.33 bits per heavy atom. The van der Waals surface area contributed by atoms with Crippen LogP contribution in [-0.4, -0.2) is 5.91 Å². The molecule has 18 heavy (non-hydrogen) atoms. The summed E-state index contributed by atoms with van der Waals surface area (Å²) < 4.78 is 0. The number of nitrogens with one attached hydrogen (secondary N) is 1. The van der Waals surface area contributed by atoms with Crippen molar-refractivity contribution in [2.45, 2.75) is 40.0 Å². The van der Waals surface area contributed by atoms with E-state index in [0.717, 1.165) is 29.7 Å². The minimum Gasteiger partial charge on any atom is -0.325 e. The lowest BCUT2D eigenvalue weighted by Gasteiger charge is -2.16. The van der Waals surface area contributed by atoms with Gasteiger partial charge in [-0.25, -0.2) is 0 Å². The van der Waals surface area contributed by atoms with Crippen LogP contribution in [0.1, 0.15) is 38.3 Å². The molecule has 0 saturated carbocycles. The smallest absolute Gasteiger partial charge is 0.228 e. The maximum Gasteiger partial charge on any atom is 0.228 e. The van der Waals surface area contributed by atoms with Gasteiger partial charge in [0.25, 0.3) is 0 Å². The lowest BCUT2D eigenvalue weighted by Crippen LogP contribution is -2.21. The van der Waals surface area contributed by atoms with Gasteiger partial charge in [-0.3, -0.25) is 4.79 Å². The normalized spacial score (nSPS) is 11.7. The van der Waals surface area contributed by atoms with E-state index in [1.807, 2.05) is 24.3 Å². The van der Waals surface area contributed by atoms with Crippen molar-refractivity contribution in [2.75, 3.05) is 5.32 Å². The molecule has 0 heterocycles. The zero-order chi connectivity index (χ0) is 13.5. The first kappa shape index (κ1) is 14.2. The Morgan fingerprint density at radius 3 is 2.33 bits per heavy atom. The molecule has 1 aromatic carbocycles. The third kappa shape index (κ3) is 3.33. The molecule has 0 aromatic heterocycles. The van der Waals surface area contributed by atoms with Crippen molar-refractivity contribution < 1.29 is 4.79 Å². The molecule has 1 unspecified atom stereocenters. The Labute approximate surface area is 109 Å². The number of amides is 1. The number of hydrogen-bond acceptors (Lipinski definition) is 2. The molecule has 0 aliphatic rings. The molecule has 0 radical (unpaired) electrons. The highest BCUT2D eigenvalue weighted by molar-refractivity contribution is 5.94. The third-order valence-electron chi connectivity index (χ3n) is 3.09. The fraction of sp³-hybridized carbons (Fsp3) is 0.467. The summed E-state index contributed by atoms with van der Waals surface area (Å²) in [6, 6.07) is 8.11. The number of rotatable bonds is 5. The van der Waals surface area contributed by atoms with E-state index in [9.17, 15) is 4.79 Å². The van der Waals surface area contributed by atoms with Gasteiger partial charge in [-0.1, -0.05) is 39.0 Å². The van der Waals surface area contributed by atoms with Crippen molar-refractivity contribution in [1.82, 2.24) is 0 Å². The molecule has 0 saturated heterocycles. The second-order valence-electron chi connectivity index (χ2n) is 4.41. The highest BCUT2D eigenvalue weighted by Crippen LogP contribution is 2.23. The summed E-state index contributed by atoms with van der Waals surface area (Å²) in [5, 5.41) is 11.6. The number of carbonyl (C=O) groups is 1. The van der Waals surface area contributed by atoms with E-state index in [-0.39, 0.29) is 18.2 Å². The summed E-state index contributed by atoms with van der Waals surface area (Å²) in [6.45, 7) is 5.92. The summed E-state index contributed by atoms with van der Waals surface area (Å²) in [7, 11) is 0.